The van der Waals surface area contributed by atoms with E-state index in [1.807, 2.05) is 6.07 Å². The molecule has 118 valence electrons. The standard InChI is InChI=1S/C17H27NO3/c1-5-15(18-13-7-8-14(11-13)19-2)12-6-9-16(20-3)17(10-12)21-4/h6,9-10,13-15,18H,5,7-8,11H2,1-4H3. The van der Waals surface area contributed by atoms with E-state index in [4.69, 9.17) is 14.2 Å². The molecule has 1 aliphatic rings. The Morgan fingerprint density at radius 2 is 1.90 bits per heavy atom. The molecule has 1 aliphatic carbocycles. The molecular formula is C17H27NO3. The summed E-state index contributed by atoms with van der Waals surface area (Å²) in [5, 5.41) is 3.76. The molecule has 0 aromatic heterocycles. The number of nitrogens with one attached hydrogen (secondary N) is 1. The molecule has 0 spiro atoms. The van der Waals surface area contributed by atoms with Gasteiger partial charge in [-0.25, -0.2) is 0 Å². The maximum atomic E-state index is 5.45. The molecule has 0 radical (unpaired) electrons. The molecule has 3 atom stereocenters. The van der Waals surface area contributed by atoms with Gasteiger partial charge in [-0.3, -0.25) is 0 Å². The lowest BCUT2D eigenvalue weighted by Gasteiger charge is -2.23. The van der Waals surface area contributed by atoms with Crippen molar-refractivity contribution in [3.63, 3.8) is 0 Å². The van der Waals surface area contributed by atoms with Crippen molar-refractivity contribution in [2.45, 2.75) is 50.8 Å². The van der Waals surface area contributed by atoms with Gasteiger partial charge in [-0.1, -0.05) is 13.0 Å². The fourth-order valence-corrected chi connectivity index (χ4v) is 3.11. The zero-order valence-corrected chi connectivity index (χ0v) is 13.5. The van der Waals surface area contributed by atoms with E-state index in [2.05, 4.69) is 24.4 Å². The maximum absolute atomic E-state index is 5.45. The summed E-state index contributed by atoms with van der Waals surface area (Å²) in [6, 6.07) is 7.04. The minimum atomic E-state index is 0.338. The Labute approximate surface area is 127 Å². The molecule has 0 saturated heterocycles. The molecule has 0 amide bonds. The van der Waals surface area contributed by atoms with Crippen molar-refractivity contribution in [1.29, 1.82) is 0 Å². The lowest BCUT2D eigenvalue weighted by atomic mass is 10.0. The van der Waals surface area contributed by atoms with Gasteiger partial charge in [0.05, 0.1) is 20.3 Å². The number of methoxy groups -OCH3 is 3. The van der Waals surface area contributed by atoms with Crippen LogP contribution in [0.2, 0.25) is 0 Å². The molecule has 0 heterocycles. The van der Waals surface area contributed by atoms with Gasteiger partial charge in [-0.15, -0.1) is 0 Å². The highest BCUT2D eigenvalue weighted by molar-refractivity contribution is 5.43. The van der Waals surface area contributed by atoms with Crippen LogP contribution < -0.4 is 14.8 Å². The SMILES string of the molecule is CCC(NC1CCC(OC)C1)c1ccc(OC)c(OC)c1. The van der Waals surface area contributed by atoms with Crippen molar-refractivity contribution in [2.75, 3.05) is 21.3 Å². The summed E-state index contributed by atoms with van der Waals surface area (Å²) in [5.74, 6) is 1.56. The fraction of sp³-hybridized carbons (Fsp3) is 0.647. The van der Waals surface area contributed by atoms with Crippen LogP contribution in [0.15, 0.2) is 18.2 Å². The monoisotopic (exact) mass is 293 g/mol. The minimum absolute atomic E-state index is 0.338. The van der Waals surface area contributed by atoms with Crippen LogP contribution in [0.25, 0.3) is 0 Å². The van der Waals surface area contributed by atoms with Crippen molar-refractivity contribution in [1.82, 2.24) is 5.32 Å². The Morgan fingerprint density at radius 1 is 1.14 bits per heavy atom. The van der Waals surface area contributed by atoms with E-state index in [1.54, 1.807) is 21.3 Å². The van der Waals surface area contributed by atoms with Crippen LogP contribution >= 0.6 is 0 Å². The summed E-state index contributed by atoms with van der Waals surface area (Å²) in [4.78, 5) is 0. The van der Waals surface area contributed by atoms with E-state index in [9.17, 15) is 0 Å². The van der Waals surface area contributed by atoms with Crippen LogP contribution in [-0.2, 0) is 4.74 Å². The third kappa shape index (κ3) is 3.89. The third-order valence-corrected chi connectivity index (χ3v) is 4.37. The van der Waals surface area contributed by atoms with E-state index in [0.29, 0.717) is 18.2 Å². The first-order valence-corrected chi connectivity index (χ1v) is 7.72. The quantitative estimate of drug-likeness (QED) is 0.837. The fourth-order valence-electron chi connectivity index (χ4n) is 3.11. The molecule has 1 saturated carbocycles. The molecule has 1 N–H and O–H groups in total. The van der Waals surface area contributed by atoms with Crippen LogP contribution in [-0.4, -0.2) is 33.5 Å². The van der Waals surface area contributed by atoms with E-state index in [0.717, 1.165) is 30.8 Å². The molecule has 0 aliphatic heterocycles. The minimum Gasteiger partial charge on any atom is -0.493 e. The van der Waals surface area contributed by atoms with Gasteiger partial charge in [0.15, 0.2) is 11.5 Å². The van der Waals surface area contributed by atoms with Crippen LogP contribution in [0.5, 0.6) is 11.5 Å². The number of hydrogen-bond donors (Lipinski definition) is 1. The summed E-state index contributed by atoms with van der Waals surface area (Å²) in [6.45, 7) is 2.21. The summed E-state index contributed by atoms with van der Waals surface area (Å²) in [5.41, 5.74) is 1.25. The van der Waals surface area contributed by atoms with Crippen molar-refractivity contribution in [3.8, 4) is 11.5 Å². The first-order chi connectivity index (χ1) is 10.2. The second-order valence-corrected chi connectivity index (χ2v) is 5.61. The third-order valence-electron chi connectivity index (χ3n) is 4.37. The zero-order valence-electron chi connectivity index (χ0n) is 13.5. The molecule has 21 heavy (non-hydrogen) atoms. The summed E-state index contributed by atoms with van der Waals surface area (Å²) in [7, 11) is 5.14. The number of rotatable bonds is 7. The molecule has 1 aromatic rings. The highest BCUT2D eigenvalue weighted by atomic mass is 16.5. The van der Waals surface area contributed by atoms with Gasteiger partial charge in [0.1, 0.15) is 0 Å². The van der Waals surface area contributed by atoms with Gasteiger partial charge in [-0.2, -0.15) is 0 Å². The lowest BCUT2D eigenvalue weighted by Crippen LogP contribution is -2.31. The predicted molar refractivity (Wildman–Crippen MR) is 84.1 cm³/mol. The van der Waals surface area contributed by atoms with Gasteiger partial charge in [0.2, 0.25) is 0 Å². The first-order valence-electron chi connectivity index (χ1n) is 7.72. The Kier molecular flexibility index (Phi) is 5.88. The Morgan fingerprint density at radius 3 is 2.48 bits per heavy atom. The van der Waals surface area contributed by atoms with Crippen molar-refractivity contribution >= 4 is 0 Å². The van der Waals surface area contributed by atoms with Crippen molar-refractivity contribution in [2.24, 2.45) is 0 Å². The van der Waals surface area contributed by atoms with E-state index >= 15 is 0 Å². The summed E-state index contributed by atoms with van der Waals surface area (Å²) in [6.07, 6.45) is 4.88. The molecule has 1 fully saturated rings. The molecule has 4 heteroatoms. The molecule has 3 unspecified atom stereocenters. The molecule has 4 nitrogen and oxygen atoms in total. The largest absolute Gasteiger partial charge is 0.493 e. The Balaban J connectivity index is 2.07. The van der Waals surface area contributed by atoms with Crippen molar-refractivity contribution in [3.05, 3.63) is 23.8 Å². The Hall–Kier alpha value is -1.26. The number of ether oxygens (including phenoxy) is 3. The predicted octanol–water partition coefficient (Wildman–Crippen LogP) is 3.31. The second-order valence-electron chi connectivity index (χ2n) is 5.61. The molecule has 1 aromatic carbocycles. The maximum Gasteiger partial charge on any atom is 0.161 e. The first kappa shape index (κ1) is 16.1. The summed E-state index contributed by atoms with van der Waals surface area (Å²) >= 11 is 0. The van der Waals surface area contributed by atoms with Crippen LogP contribution in [0.1, 0.15) is 44.2 Å². The van der Waals surface area contributed by atoms with Crippen LogP contribution in [0.4, 0.5) is 0 Å². The van der Waals surface area contributed by atoms with E-state index < -0.39 is 0 Å². The van der Waals surface area contributed by atoms with Gasteiger partial charge < -0.3 is 19.5 Å². The number of benzene rings is 1. The van der Waals surface area contributed by atoms with E-state index in [1.165, 1.54) is 12.0 Å². The zero-order chi connectivity index (χ0) is 15.2. The highest BCUT2D eigenvalue weighted by Gasteiger charge is 2.26. The molecular weight excluding hydrogens is 266 g/mol. The second kappa shape index (κ2) is 7.66. The smallest absolute Gasteiger partial charge is 0.161 e. The van der Waals surface area contributed by atoms with Gasteiger partial charge in [0, 0.05) is 19.2 Å². The van der Waals surface area contributed by atoms with E-state index in [-0.39, 0.29) is 0 Å². The average molecular weight is 293 g/mol. The summed E-state index contributed by atoms with van der Waals surface area (Å²) < 4.78 is 16.2. The Bertz CT molecular complexity index is 450. The molecule has 0 bridgehead atoms. The number of hydrogen-bond acceptors (Lipinski definition) is 4. The van der Waals surface area contributed by atoms with Gasteiger partial charge in [0.25, 0.3) is 0 Å². The average Bonchev–Trinajstić information content (AvgIpc) is 2.99. The van der Waals surface area contributed by atoms with Crippen molar-refractivity contribution < 1.29 is 14.2 Å². The van der Waals surface area contributed by atoms with Gasteiger partial charge >= 0.3 is 0 Å². The van der Waals surface area contributed by atoms with Crippen LogP contribution in [0.3, 0.4) is 0 Å². The van der Waals surface area contributed by atoms with Crippen LogP contribution in [0, 0.1) is 0 Å². The highest BCUT2D eigenvalue weighted by Crippen LogP contribution is 2.32. The normalized spacial score (nSPS) is 23.0. The van der Waals surface area contributed by atoms with Gasteiger partial charge in [-0.05, 0) is 43.4 Å². The molecule has 2 rings (SSSR count). The topological polar surface area (TPSA) is 39.7 Å². The lowest BCUT2D eigenvalue weighted by molar-refractivity contribution is 0.106.